The van der Waals surface area contributed by atoms with E-state index in [0.29, 0.717) is 24.3 Å². The van der Waals surface area contributed by atoms with Crippen LogP contribution in [0.1, 0.15) is 10.4 Å². The molecule has 0 saturated heterocycles. The summed E-state index contributed by atoms with van der Waals surface area (Å²) in [5.74, 6) is -0.130. The summed E-state index contributed by atoms with van der Waals surface area (Å²) >= 11 is 0. The Morgan fingerprint density at radius 3 is 2.85 bits per heavy atom. The summed E-state index contributed by atoms with van der Waals surface area (Å²) in [5.41, 5.74) is 7.99. The Hall–Kier alpha value is -2.50. The van der Waals surface area contributed by atoms with Crippen molar-refractivity contribution < 1.29 is 4.79 Å². The van der Waals surface area contributed by atoms with E-state index in [0.717, 1.165) is 5.69 Å². The van der Waals surface area contributed by atoms with E-state index in [4.69, 9.17) is 5.73 Å². The molecule has 0 saturated carbocycles. The molecule has 0 atom stereocenters. The zero-order valence-electron chi connectivity index (χ0n) is 11.7. The fourth-order valence-corrected chi connectivity index (χ4v) is 1.92. The van der Waals surface area contributed by atoms with Crippen LogP contribution in [-0.2, 0) is 6.54 Å². The lowest BCUT2D eigenvalue weighted by atomic mass is 10.1. The predicted molar refractivity (Wildman–Crippen MR) is 79.7 cm³/mol. The number of nitrogens with zero attached hydrogens (tertiary/aromatic N) is 3. The number of nitrogens with one attached hydrogen (secondary N) is 1. The molecule has 0 aliphatic carbocycles. The second-order valence-corrected chi connectivity index (χ2v) is 4.69. The van der Waals surface area contributed by atoms with Crippen LogP contribution in [-0.4, -0.2) is 36.3 Å². The Kier molecular flexibility index (Phi) is 4.24. The van der Waals surface area contributed by atoms with Crippen LogP contribution in [0.15, 0.2) is 36.7 Å². The van der Waals surface area contributed by atoms with Crippen molar-refractivity contribution in [3.05, 3.63) is 42.2 Å². The van der Waals surface area contributed by atoms with Gasteiger partial charge in [0, 0.05) is 38.6 Å². The van der Waals surface area contributed by atoms with Gasteiger partial charge in [-0.1, -0.05) is 0 Å². The monoisotopic (exact) mass is 273 g/mol. The first-order valence-electron chi connectivity index (χ1n) is 6.40. The SMILES string of the molecule is CN(C)c1ccc(C(=O)NCCn2cccn2)cc1N. The highest BCUT2D eigenvalue weighted by atomic mass is 16.1. The van der Waals surface area contributed by atoms with Gasteiger partial charge in [0.1, 0.15) is 0 Å². The zero-order valence-corrected chi connectivity index (χ0v) is 11.7. The fraction of sp³-hybridized carbons (Fsp3) is 0.286. The number of carbonyl (C=O) groups is 1. The molecular weight excluding hydrogens is 254 g/mol. The molecule has 20 heavy (non-hydrogen) atoms. The van der Waals surface area contributed by atoms with Gasteiger partial charge in [-0.15, -0.1) is 0 Å². The maximum absolute atomic E-state index is 12.0. The summed E-state index contributed by atoms with van der Waals surface area (Å²) in [7, 11) is 3.82. The van der Waals surface area contributed by atoms with Crippen LogP contribution < -0.4 is 16.0 Å². The van der Waals surface area contributed by atoms with E-state index in [1.54, 1.807) is 23.0 Å². The number of benzene rings is 1. The highest BCUT2D eigenvalue weighted by Gasteiger charge is 2.08. The Labute approximate surface area is 118 Å². The first-order chi connectivity index (χ1) is 9.58. The summed E-state index contributed by atoms with van der Waals surface area (Å²) in [6.07, 6.45) is 3.57. The molecule has 0 radical (unpaired) electrons. The number of anilines is 2. The van der Waals surface area contributed by atoms with E-state index in [2.05, 4.69) is 10.4 Å². The Morgan fingerprint density at radius 1 is 1.45 bits per heavy atom. The second kappa shape index (κ2) is 6.10. The van der Waals surface area contributed by atoms with Gasteiger partial charge in [-0.25, -0.2) is 0 Å². The molecule has 2 rings (SSSR count). The number of carbonyl (C=O) groups excluding carboxylic acids is 1. The standard InChI is InChI=1S/C14H19N5O/c1-18(2)13-5-4-11(10-12(13)15)14(20)16-7-9-19-8-3-6-17-19/h3-6,8,10H,7,9,15H2,1-2H3,(H,16,20). The first-order valence-corrected chi connectivity index (χ1v) is 6.40. The maximum atomic E-state index is 12.0. The third-order valence-corrected chi connectivity index (χ3v) is 2.96. The van der Waals surface area contributed by atoms with Crippen molar-refractivity contribution in [2.45, 2.75) is 6.54 Å². The lowest BCUT2D eigenvalue weighted by molar-refractivity contribution is 0.0952. The van der Waals surface area contributed by atoms with Gasteiger partial charge in [0.05, 0.1) is 17.9 Å². The van der Waals surface area contributed by atoms with Gasteiger partial charge >= 0.3 is 0 Å². The van der Waals surface area contributed by atoms with Crippen LogP contribution in [0, 0.1) is 0 Å². The number of hydrogen-bond acceptors (Lipinski definition) is 4. The van der Waals surface area contributed by atoms with E-state index >= 15 is 0 Å². The molecule has 1 aromatic heterocycles. The topological polar surface area (TPSA) is 76.2 Å². The zero-order chi connectivity index (χ0) is 14.5. The molecule has 1 heterocycles. The average molecular weight is 273 g/mol. The Balaban J connectivity index is 1.94. The Bertz CT molecular complexity index is 577. The number of hydrogen-bond donors (Lipinski definition) is 2. The van der Waals surface area contributed by atoms with E-state index in [1.807, 2.05) is 37.3 Å². The molecular formula is C14H19N5O. The lowest BCUT2D eigenvalue weighted by Crippen LogP contribution is -2.27. The summed E-state index contributed by atoms with van der Waals surface area (Å²) in [6, 6.07) is 7.16. The smallest absolute Gasteiger partial charge is 0.251 e. The van der Waals surface area contributed by atoms with Crippen LogP contribution in [0.3, 0.4) is 0 Å². The summed E-state index contributed by atoms with van der Waals surface area (Å²) in [4.78, 5) is 13.9. The first kappa shape index (κ1) is 13.9. The minimum Gasteiger partial charge on any atom is -0.397 e. The van der Waals surface area contributed by atoms with Gasteiger partial charge in [0.15, 0.2) is 0 Å². The molecule has 2 aromatic rings. The van der Waals surface area contributed by atoms with Crippen LogP contribution in [0.25, 0.3) is 0 Å². The number of aromatic nitrogens is 2. The molecule has 1 aromatic carbocycles. The molecule has 1 amide bonds. The normalized spacial score (nSPS) is 10.3. The third kappa shape index (κ3) is 3.28. The summed E-state index contributed by atoms with van der Waals surface area (Å²) in [6.45, 7) is 1.17. The Morgan fingerprint density at radius 2 is 2.25 bits per heavy atom. The van der Waals surface area contributed by atoms with Crippen LogP contribution >= 0.6 is 0 Å². The summed E-state index contributed by atoms with van der Waals surface area (Å²) < 4.78 is 1.77. The molecule has 0 aliphatic rings. The van der Waals surface area contributed by atoms with Crippen molar-refractivity contribution in [1.29, 1.82) is 0 Å². The largest absolute Gasteiger partial charge is 0.397 e. The molecule has 0 bridgehead atoms. The van der Waals surface area contributed by atoms with E-state index in [9.17, 15) is 4.79 Å². The van der Waals surface area contributed by atoms with Crippen molar-refractivity contribution >= 4 is 17.3 Å². The van der Waals surface area contributed by atoms with Crippen molar-refractivity contribution in [3.8, 4) is 0 Å². The number of amides is 1. The molecule has 0 spiro atoms. The van der Waals surface area contributed by atoms with Gasteiger partial charge in [-0.2, -0.15) is 5.10 Å². The van der Waals surface area contributed by atoms with Crippen molar-refractivity contribution in [3.63, 3.8) is 0 Å². The van der Waals surface area contributed by atoms with Crippen molar-refractivity contribution in [2.75, 3.05) is 31.3 Å². The minimum absolute atomic E-state index is 0.130. The third-order valence-electron chi connectivity index (χ3n) is 2.96. The number of rotatable bonds is 5. The predicted octanol–water partition coefficient (Wildman–Crippen LogP) is 0.961. The summed E-state index contributed by atoms with van der Waals surface area (Å²) in [5, 5.41) is 6.92. The van der Waals surface area contributed by atoms with Crippen molar-refractivity contribution in [2.24, 2.45) is 0 Å². The minimum atomic E-state index is -0.130. The maximum Gasteiger partial charge on any atom is 0.251 e. The molecule has 3 N–H and O–H groups in total. The highest BCUT2D eigenvalue weighted by molar-refractivity contribution is 5.96. The van der Waals surface area contributed by atoms with Gasteiger partial charge in [0.25, 0.3) is 5.91 Å². The molecule has 6 nitrogen and oxygen atoms in total. The number of nitrogen functional groups attached to an aromatic ring is 1. The van der Waals surface area contributed by atoms with Crippen LogP contribution in [0.5, 0.6) is 0 Å². The average Bonchev–Trinajstić information content (AvgIpc) is 2.91. The van der Waals surface area contributed by atoms with Crippen LogP contribution in [0.4, 0.5) is 11.4 Å². The van der Waals surface area contributed by atoms with Crippen molar-refractivity contribution in [1.82, 2.24) is 15.1 Å². The molecule has 106 valence electrons. The van der Waals surface area contributed by atoms with Gasteiger partial charge in [-0.05, 0) is 24.3 Å². The van der Waals surface area contributed by atoms with Gasteiger partial charge in [0.2, 0.25) is 0 Å². The quantitative estimate of drug-likeness (QED) is 0.796. The van der Waals surface area contributed by atoms with Gasteiger partial charge in [-0.3, -0.25) is 9.48 Å². The number of nitrogens with two attached hydrogens (primary N) is 1. The van der Waals surface area contributed by atoms with Crippen LogP contribution in [0.2, 0.25) is 0 Å². The highest BCUT2D eigenvalue weighted by Crippen LogP contribution is 2.22. The molecule has 6 heteroatoms. The molecule has 0 unspecified atom stereocenters. The van der Waals surface area contributed by atoms with Gasteiger partial charge < -0.3 is 16.0 Å². The van der Waals surface area contributed by atoms with E-state index < -0.39 is 0 Å². The second-order valence-electron chi connectivity index (χ2n) is 4.69. The van der Waals surface area contributed by atoms with E-state index in [-0.39, 0.29) is 5.91 Å². The van der Waals surface area contributed by atoms with E-state index in [1.165, 1.54) is 0 Å². The molecule has 0 aliphatic heterocycles. The molecule has 0 fully saturated rings. The fourth-order valence-electron chi connectivity index (χ4n) is 1.92. The lowest BCUT2D eigenvalue weighted by Gasteiger charge is -2.15.